The van der Waals surface area contributed by atoms with Gasteiger partial charge in [0.25, 0.3) is 0 Å². The Morgan fingerprint density at radius 1 is 1.06 bits per heavy atom. The van der Waals surface area contributed by atoms with Crippen LogP contribution in [0.4, 0.5) is 0 Å². The molecule has 0 aliphatic heterocycles. The average Bonchev–Trinajstić information content (AvgIpc) is 2.21. The Kier molecular flexibility index (Phi) is 3.27. The van der Waals surface area contributed by atoms with Gasteiger partial charge in [-0.1, -0.05) is 20.8 Å². The summed E-state index contributed by atoms with van der Waals surface area (Å²) in [6.45, 7) is 6.44. The van der Waals surface area contributed by atoms with Crippen LogP contribution < -0.4 is 0 Å². The van der Waals surface area contributed by atoms with Gasteiger partial charge in [0.1, 0.15) is 11.5 Å². The molecule has 1 rings (SSSR count). The SMILES string of the molecule is Cc1c(O)cc(C(=O)C(=O)C(C)(C)C)cc1O. The first-order valence-electron chi connectivity index (χ1n) is 5.26. The predicted octanol–water partition coefficient (Wildman–Crippen LogP) is 2.20. The van der Waals surface area contributed by atoms with E-state index >= 15 is 0 Å². The molecule has 0 saturated carbocycles. The Bertz CT molecular complexity index is 458. The summed E-state index contributed by atoms with van der Waals surface area (Å²) in [5.41, 5.74) is -0.497. The van der Waals surface area contributed by atoms with Crippen molar-refractivity contribution in [3.8, 4) is 11.5 Å². The number of carbonyl (C=O) groups excluding carboxylic acids is 2. The fourth-order valence-electron chi connectivity index (χ4n) is 1.29. The maximum absolute atomic E-state index is 11.8. The zero-order valence-corrected chi connectivity index (χ0v) is 10.4. The number of rotatable bonds is 2. The highest BCUT2D eigenvalue weighted by molar-refractivity contribution is 6.45. The van der Waals surface area contributed by atoms with Gasteiger partial charge in [-0.05, 0) is 19.1 Å². The van der Waals surface area contributed by atoms with Crippen LogP contribution in [0.25, 0.3) is 0 Å². The van der Waals surface area contributed by atoms with Crippen molar-refractivity contribution in [1.82, 2.24) is 0 Å². The monoisotopic (exact) mass is 236 g/mol. The molecule has 0 unspecified atom stereocenters. The first-order chi connectivity index (χ1) is 7.64. The Hall–Kier alpha value is -1.84. The van der Waals surface area contributed by atoms with Gasteiger partial charge in [-0.15, -0.1) is 0 Å². The third-order valence-corrected chi connectivity index (χ3v) is 2.50. The first-order valence-corrected chi connectivity index (χ1v) is 5.26. The maximum atomic E-state index is 11.8. The van der Waals surface area contributed by atoms with Gasteiger partial charge in [-0.3, -0.25) is 9.59 Å². The van der Waals surface area contributed by atoms with E-state index in [0.29, 0.717) is 0 Å². The normalized spacial score (nSPS) is 11.3. The summed E-state index contributed by atoms with van der Waals surface area (Å²) in [6.07, 6.45) is 0. The van der Waals surface area contributed by atoms with Gasteiger partial charge in [0, 0.05) is 16.5 Å². The Labute approximate surface area is 99.9 Å². The number of phenolic OH excluding ortho intramolecular Hbond substituents is 2. The second kappa shape index (κ2) is 4.20. The zero-order valence-electron chi connectivity index (χ0n) is 10.4. The number of aromatic hydroxyl groups is 2. The van der Waals surface area contributed by atoms with Crippen LogP contribution in [0.3, 0.4) is 0 Å². The van der Waals surface area contributed by atoms with E-state index in [0.717, 1.165) is 0 Å². The van der Waals surface area contributed by atoms with Gasteiger partial charge in [-0.2, -0.15) is 0 Å². The van der Waals surface area contributed by atoms with Crippen LogP contribution in [0.15, 0.2) is 12.1 Å². The van der Waals surface area contributed by atoms with E-state index < -0.39 is 17.0 Å². The van der Waals surface area contributed by atoms with Crippen molar-refractivity contribution in [2.75, 3.05) is 0 Å². The van der Waals surface area contributed by atoms with E-state index in [-0.39, 0.29) is 22.6 Å². The number of hydrogen-bond donors (Lipinski definition) is 2. The Morgan fingerprint density at radius 3 is 1.82 bits per heavy atom. The molecule has 0 heterocycles. The highest BCUT2D eigenvalue weighted by atomic mass is 16.3. The van der Waals surface area contributed by atoms with Crippen LogP contribution in [0.2, 0.25) is 0 Å². The van der Waals surface area contributed by atoms with Crippen molar-refractivity contribution < 1.29 is 19.8 Å². The minimum absolute atomic E-state index is 0.00512. The largest absolute Gasteiger partial charge is 0.508 e. The molecule has 0 fully saturated rings. The van der Waals surface area contributed by atoms with Gasteiger partial charge in [0.2, 0.25) is 11.6 Å². The number of phenols is 2. The maximum Gasteiger partial charge on any atom is 0.229 e. The molecule has 1 aromatic carbocycles. The van der Waals surface area contributed by atoms with Crippen LogP contribution in [0, 0.1) is 12.3 Å². The third kappa shape index (κ3) is 2.64. The van der Waals surface area contributed by atoms with Gasteiger partial charge >= 0.3 is 0 Å². The van der Waals surface area contributed by atoms with Crippen molar-refractivity contribution in [2.45, 2.75) is 27.7 Å². The quantitative estimate of drug-likeness (QED) is 0.609. The second-order valence-corrected chi connectivity index (χ2v) is 5.05. The lowest BCUT2D eigenvalue weighted by atomic mass is 9.86. The molecule has 0 radical (unpaired) electrons. The molecular formula is C13H16O4. The number of benzene rings is 1. The lowest BCUT2D eigenvalue weighted by Crippen LogP contribution is -2.28. The Balaban J connectivity index is 3.19. The van der Waals surface area contributed by atoms with E-state index in [1.165, 1.54) is 19.1 Å². The summed E-state index contributed by atoms with van der Waals surface area (Å²) < 4.78 is 0. The fourth-order valence-corrected chi connectivity index (χ4v) is 1.29. The van der Waals surface area contributed by atoms with E-state index in [1.54, 1.807) is 20.8 Å². The summed E-state index contributed by atoms with van der Waals surface area (Å²) in [4.78, 5) is 23.6. The molecule has 1 aromatic rings. The van der Waals surface area contributed by atoms with Gasteiger partial charge in [-0.25, -0.2) is 0 Å². The molecule has 4 nitrogen and oxygen atoms in total. The molecule has 0 aromatic heterocycles. The van der Waals surface area contributed by atoms with Crippen LogP contribution in [-0.2, 0) is 4.79 Å². The van der Waals surface area contributed by atoms with E-state index in [2.05, 4.69) is 0 Å². The zero-order chi connectivity index (χ0) is 13.4. The van der Waals surface area contributed by atoms with E-state index in [9.17, 15) is 19.8 Å². The molecule has 0 saturated heterocycles. The fraction of sp³-hybridized carbons (Fsp3) is 0.385. The molecule has 0 amide bonds. The van der Waals surface area contributed by atoms with E-state index in [1.807, 2.05) is 0 Å². The lowest BCUT2D eigenvalue weighted by Gasteiger charge is -2.15. The molecule has 4 heteroatoms. The molecule has 0 bridgehead atoms. The Morgan fingerprint density at radius 2 is 1.47 bits per heavy atom. The molecule has 92 valence electrons. The summed E-state index contributed by atoms with van der Waals surface area (Å²) in [5.74, 6) is -1.66. The number of hydrogen-bond acceptors (Lipinski definition) is 4. The predicted molar refractivity (Wildman–Crippen MR) is 63.3 cm³/mol. The number of ketones is 2. The average molecular weight is 236 g/mol. The van der Waals surface area contributed by atoms with E-state index in [4.69, 9.17) is 0 Å². The van der Waals surface area contributed by atoms with Crippen molar-refractivity contribution in [3.63, 3.8) is 0 Å². The summed E-state index contributed by atoms with van der Waals surface area (Å²) >= 11 is 0. The number of Topliss-reactive ketones (excluding diaryl/α,β-unsaturated/α-hetero) is 2. The van der Waals surface area contributed by atoms with Crippen molar-refractivity contribution in [2.24, 2.45) is 5.41 Å². The second-order valence-electron chi connectivity index (χ2n) is 5.05. The highest BCUT2D eigenvalue weighted by Crippen LogP contribution is 2.29. The van der Waals surface area contributed by atoms with Crippen molar-refractivity contribution in [1.29, 1.82) is 0 Å². The lowest BCUT2D eigenvalue weighted by molar-refractivity contribution is -0.121. The van der Waals surface area contributed by atoms with Crippen molar-refractivity contribution >= 4 is 11.6 Å². The minimum atomic E-state index is -0.785. The van der Waals surface area contributed by atoms with Gasteiger partial charge < -0.3 is 10.2 Å². The molecule has 0 atom stereocenters. The van der Waals surface area contributed by atoms with Crippen LogP contribution in [0.1, 0.15) is 36.7 Å². The number of carbonyl (C=O) groups is 2. The molecule has 2 N–H and O–H groups in total. The minimum Gasteiger partial charge on any atom is -0.508 e. The summed E-state index contributed by atoms with van der Waals surface area (Å²) in [5, 5.41) is 19.0. The van der Waals surface area contributed by atoms with Gasteiger partial charge in [0.15, 0.2) is 0 Å². The van der Waals surface area contributed by atoms with Crippen LogP contribution in [0.5, 0.6) is 11.5 Å². The highest BCUT2D eigenvalue weighted by Gasteiger charge is 2.29. The molecule has 0 aliphatic rings. The molecular weight excluding hydrogens is 220 g/mol. The van der Waals surface area contributed by atoms with Crippen molar-refractivity contribution in [3.05, 3.63) is 23.3 Å². The summed E-state index contributed by atoms with van der Waals surface area (Å²) in [7, 11) is 0. The smallest absolute Gasteiger partial charge is 0.229 e. The molecule has 0 spiro atoms. The van der Waals surface area contributed by atoms with Crippen LogP contribution in [-0.4, -0.2) is 21.8 Å². The van der Waals surface area contributed by atoms with Crippen LogP contribution >= 0.6 is 0 Å². The van der Waals surface area contributed by atoms with Gasteiger partial charge in [0.05, 0.1) is 0 Å². The molecule has 17 heavy (non-hydrogen) atoms. The first kappa shape index (κ1) is 13.2. The molecule has 0 aliphatic carbocycles. The third-order valence-electron chi connectivity index (χ3n) is 2.50. The standard InChI is InChI=1S/C13H16O4/c1-7-9(14)5-8(6-10(7)15)11(16)12(17)13(2,3)4/h5-6,14-15H,1-4H3. The summed E-state index contributed by atoms with van der Waals surface area (Å²) in [6, 6.07) is 2.39. The topological polar surface area (TPSA) is 74.6 Å².